The topological polar surface area (TPSA) is 161 Å². The summed E-state index contributed by atoms with van der Waals surface area (Å²) < 4.78 is 6.89. The molecule has 1 spiro atoms. The molecule has 0 aliphatic carbocycles. The van der Waals surface area contributed by atoms with Crippen LogP contribution in [0.5, 0.6) is 5.75 Å². The average Bonchev–Trinajstić information content (AvgIpc) is 3.97. The van der Waals surface area contributed by atoms with Crippen molar-refractivity contribution in [3.05, 3.63) is 89.3 Å². The van der Waals surface area contributed by atoms with Gasteiger partial charge in [-0.05, 0) is 49.1 Å². The number of β-amino-alcohol motifs (C(OH)–C–C–N with tert-alkyl or cyclic N) is 1. The van der Waals surface area contributed by atoms with Gasteiger partial charge >= 0.3 is 0 Å². The van der Waals surface area contributed by atoms with Crippen LogP contribution in [0.25, 0.3) is 31.9 Å². The van der Waals surface area contributed by atoms with Gasteiger partial charge in [0.25, 0.3) is 0 Å². The number of carbonyl (C=O) groups excluding carboxylic acids is 2. The van der Waals surface area contributed by atoms with E-state index in [1.54, 1.807) is 34.8 Å². The van der Waals surface area contributed by atoms with Crippen LogP contribution in [0.2, 0.25) is 0 Å². The van der Waals surface area contributed by atoms with E-state index in [9.17, 15) is 19.8 Å². The Kier molecular flexibility index (Phi) is 9.48. The number of aromatic nitrogens is 4. The number of benzene rings is 2. The summed E-state index contributed by atoms with van der Waals surface area (Å²) in [5.41, 5.74) is 7.12. The Balaban J connectivity index is 0.821. The van der Waals surface area contributed by atoms with Crippen LogP contribution in [-0.4, -0.2) is 92.1 Å². The molecule has 3 saturated heterocycles. The number of likely N-dealkylation sites (tertiary alicyclic amines) is 1. The molecule has 3 aliphatic heterocycles. The highest BCUT2D eigenvalue weighted by Crippen LogP contribution is 2.47. The fraction of sp³-hybridized carbons (Fsp3) is 0.381. The molecule has 7 heterocycles. The van der Waals surface area contributed by atoms with Crippen molar-refractivity contribution in [1.82, 2.24) is 30.6 Å². The number of aliphatic hydroxyl groups excluding tert-OH is 1. The number of aromatic hydroxyl groups is 1. The van der Waals surface area contributed by atoms with Crippen molar-refractivity contribution in [2.24, 2.45) is 11.3 Å². The Morgan fingerprint density at radius 1 is 0.982 bits per heavy atom. The normalized spacial score (nSPS) is 19.9. The van der Waals surface area contributed by atoms with Gasteiger partial charge in [-0.1, -0.05) is 55.4 Å². The summed E-state index contributed by atoms with van der Waals surface area (Å²) in [5, 5.41) is 38.4. The molecule has 4 atom stereocenters. The number of thiazole rings is 1. The summed E-state index contributed by atoms with van der Waals surface area (Å²) in [7, 11) is 0. The van der Waals surface area contributed by atoms with Gasteiger partial charge in [0.15, 0.2) is 11.6 Å². The number of phenolic OH excluding ortho intramolecular Hbond substituents is 1. The summed E-state index contributed by atoms with van der Waals surface area (Å²) in [6.45, 7) is 11.4. The highest BCUT2D eigenvalue weighted by Gasteiger charge is 2.53. The largest absolute Gasteiger partial charge is 0.507 e. The third-order valence-electron chi connectivity index (χ3n) is 11.6. The Hall–Kier alpha value is -5.38. The molecule has 3 N–H and O–H groups in total. The molecule has 0 saturated carbocycles. The van der Waals surface area contributed by atoms with Crippen LogP contribution in [0.15, 0.2) is 76.8 Å². The van der Waals surface area contributed by atoms with Gasteiger partial charge in [0.1, 0.15) is 23.2 Å². The number of phenols is 1. The first-order valence-corrected chi connectivity index (χ1v) is 21.0. The van der Waals surface area contributed by atoms with Crippen molar-refractivity contribution < 1.29 is 24.3 Å². The van der Waals surface area contributed by atoms with Gasteiger partial charge in [0.05, 0.1) is 43.6 Å². The number of carbonyl (C=O) groups is 2. The van der Waals surface area contributed by atoms with Crippen LogP contribution in [0, 0.1) is 18.3 Å². The van der Waals surface area contributed by atoms with Gasteiger partial charge < -0.3 is 34.8 Å². The molecule has 4 aromatic heterocycles. The van der Waals surface area contributed by atoms with E-state index in [0.29, 0.717) is 22.8 Å². The molecule has 13 nitrogen and oxygen atoms in total. The lowest BCUT2D eigenvalue weighted by Gasteiger charge is -2.60. The lowest BCUT2D eigenvalue weighted by Crippen LogP contribution is -2.72. The van der Waals surface area contributed by atoms with E-state index >= 15 is 0 Å². The Morgan fingerprint density at radius 3 is 2.46 bits per heavy atom. The molecule has 2 aromatic carbocycles. The average molecular weight is 805 g/mol. The second-order valence-corrected chi connectivity index (χ2v) is 18.0. The van der Waals surface area contributed by atoms with Gasteiger partial charge in [-0.15, -0.1) is 32.9 Å². The highest BCUT2D eigenvalue weighted by molar-refractivity contribution is 7.22. The third-order valence-corrected chi connectivity index (χ3v) is 13.7. The first-order valence-electron chi connectivity index (χ1n) is 19.3. The summed E-state index contributed by atoms with van der Waals surface area (Å²) in [5.74, 6) is -0.0111. The highest BCUT2D eigenvalue weighted by atomic mass is 32.1. The summed E-state index contributed by atoms with van der Waals surface area (Å²) in [6, 6.07) is 20.0. The number of nitrogens with zero attached hydrogens (tertiary/aromatic N) is 7. The van der Waals surface area contributed by atoms with Crippen molar-refractivity contribution in [3.63, 3.8) is 0 Å². The Labute approximate surface area is 338 Å². The molecule has 6 aromatic rings. The molecule has 9 rings (SSSR count). The van der Waals surface area contributed by atoms with Crippen LogP contribution in [0.1, 0.15) is 56.2 Å². The van der Waals surface area contributed by atoms with E-state index < -0.39 is 18.1 Å². The zero-order valence-corrected chi connectivity index (χ0v) is 33.8. The molecule has 3 aliphatic rings. The number of nitrogens with one attached hydrogen (secondary N) is 1. The quantitative estimate of drug-likeness (QED) is 0.141. The number of rotatable bonds is 10. The van der Waals surface area contributed by atoms with Crippen LogP contribution < -0.4 is 15.1 Å². The van der Waals surface area contributed by atoms with Crippen molar-refractivity contribution in [2.45, 2.75) is 58.2 Å². The fourth-order valence-corrected chi connectivity index (χ4v) is 10.4. The molecular weight excluding hydrogens is 761 g/mol. The van der Waals surface area contributed by atoms with E-state index in [2.05, 4.69) is 41.5 Å². The molecule has 2 amide bonds. The maximum absolute atomic E-state index is 14.2. The molecular formula is C42H44N8O5S2. The predicted molar refractivity (Wildman–Crippen MR) is 220 cm³/mol. The maximum atomic E-state index is 14.2. The SMILES string of the molecule is Cc1ncsc1-c1ccc([C@H](C)NC(=O)[C@@H]2C[C@@H](O)CN2C(=O)C(c2cc(N3CC4(C3)CN(c3cc5nnc(-c6ccccc6O)cc5s3)C4)no2)C(C)C)cc1. The monoisotopic (exact) mass is 804 g/mol. The van der Waals surface area contributed by atoms with Gasteiger partial charge in [-0.3, -0.25) is 9.59 Å². The Morgan fingerprint density at radius 2 is 1.74 bits per heavy atom. The lowest BCUT2D eigenvalue weighted by molar-refractivity contribution is -0.141. The number of hydrogen-bond donors (Lipinski definition) is 3. The third kappa shape index (κ3) is 6.91. The number of anilines is 2. The van der Waals surface area contributed by atoms with Gasteiger partial charge in [0.2, 0.25) is 11.8 Å². The van der Waals surface area contributed by atoms with E-state index in [0.717, 1.165) is 63.1 Å². The first kappa shape index (κ1) is 37.2. The molecule has 57 heavy (non-hydrogen) atoms. The zero-order chi connectivity index (χ0) is 39.6. The Bertz CT molecular complexity index is 2450. The van der Waals surface area contributed by atoms with Crippen molar-refractivity contribution >= 4 is 55.5 Å². The second-order valence-electron chi connectivity index (χ2n) is 16.1. The lowest BCUT2D eigenvalue weighted by atomic mass is 9.73. The van der Waals surface area contributed by atoms with Gasteiger partial charge in [-0.25, -0.2) is 4.98 Å². The predicted octanol–water partition coefficient (Wildman–Crippen LogP) is 6.39. The summed E-state index contributed by atoms with van der Waals surface area (Å²) in [4.78, 5) is 39.5. The second kappa shape index (κ2) is 14.5. The van der Waals surface area contributed by atoms with Crippen molar-refractivity contribution in [1.29, 1.82) is 0 Å². The van der Waals surface area contributed by atoms with Crippen LogP contribution in [-0.2, 0) is 9.59 Å². The minimum atomic E-state index is -0.805. The summed E-state index contributed by atoms with van der Waals surface area (Å²) >= 11 is 3.27. The number of amides is 2. The number of aliphatic hydroxyl groups is 1. The number of thiophene rings is 1. The summed E-state index contributed by atoms with van der Waals surface area (Å²) in [6.07, 6.45) is -0.636. The van der Waals surface area contributed by atoms with Gasteiger partial charge in [0, 0.05) is 62.3 Å². The molecule has 15 heteroatoms. The van der Waals surface area contributed by atoms with E-state index in [-0.39, 0.29) is 47.9 Å². The van der Waals surface area contributed by atoms with Crippen molar-refractivity contribution in [2.75, 3.05) is 42.5 Å². The van der Waals surface area contributed by atoms with Crippen molar-refractivity contribution in [3.8, 4) is 27.4 Å². The van der Waals surface area contributed by atoms with E-state index in [1.807, 2.05) is 81.7 Å². The number of fused-ring (bicyclic) bond motifs is 1. The van der Waals surface area contributed by atoms with Crippen LogP contribution >= 0.6 is 22.7 Å². The van der Waals surface area contributed by atoms with Crippen LogP contribution in [0.3, 0.4) is 0 Å². The minimum Gasteiger partial charge on any atom is -0.507 e. The smallest absolute Gasteiger partial charge is 0.243 e. The van der Waals surface area contributed by atoms with E-state index in [4.69, 9.17) is 4.52 Å². The van der Waals surface area contributed by atoms with E-state index in [1.165, 1.54) is 4.90 Å². The first-order chi connectivity index (χ1) is 27.4. The number of para-hydroxylation sites is 1. The van der Waals surface area contributed by atoms with Gasteiger partial charge in [-0.2, -0.15) is 0 Å². The number of aryl methyl sites for hydroxylation is 1. The molecule has 1 unspecified atom stereocenters. The zero-order valence-electron chi connectivity index (χ0n) is 32.1. The number of hydrogen-bond acceptors (Lipinski definition) is 13. The minimum absolute atomic E-state index is 0.0771. The fourth-order valence-electron chi connectivity index (χ4n) is 8.54. The molecule has 3 fully saturated rings. The standard InChI is InChI=1S/C42H44N8O5S2/c1-23(2)38(41(54)50-17-28(51)13-32(50)40(53)44-24(3)26-9-11-27(12-10-26)39-25(4)43-22-56-39)34-16-36(47-55-34)48-18-42(19-48)20-49(21-42)37-15-31-35(57-37)14-30(45-46-31)29-7-5-6-8-33(29)52/h5-12,14-16,22-24,28,32,38,51-52H,13,17-21H2,1-4H3,(H,44,53)/t24-,28+,32-,38?/m0/s1. The molecule has 0 radical (unpaired) electrons. The molecule has 0 bridgehead atoms. The molecule has 294 valence electrons. The maximum Gasteiger partial charge on any atom is 0.243 e. The van der Waals surface area contributed by atoms with Crippen LogP contribution in [0.4, 0.5) is 10.8 Å².